The van der Waals surface area contributed by atoms with Crippen LogP contribution in [0.5, 0.6) is 28.7 Å². The summed E-state index contributed by atoms with van der Waals surface area (Å²) in [6.45, 7) is 12.6. The van der Waals surface area contributed by atoms with E-state index in [1.54, 1.807) is 35.2 Å². The molecule has 4 aliphatic rings. The molecule has 2 heterocycles. The molecule has 0 saturated heterocycles. The number of non-ortho nitro benzene ring substituents is 1. The number of aliphatic hydroxyl groups is 2. The van der Waals surface area contributed by atoms with Gasteiger partial charge in [-0.3, -0.25) is 15.0 Å². The number of oxime groups is 1. The number of ether oxygens (including phenoxy) is 6. The Morgan fingerprint density at radius 3 is 2.21 bits per heavy atom. The molecule has 17 heteroatoms. The monoisotopic (exact) mass is 1050 g/mol. The van der Waals surface area contributed by atoms with Gasteiger partial charge in [-0.1, -0.05) is 101 Å². The van der Waals surface area contributed by atoms with Crippen molar-refractivity contribution >= 4 is 23.6 Å². The van der Waals surface area contributed by atoms with E-state index in [1.807, 2.05) is 32.9 Å². The number of allylic oxidation sites excluding steroid dienone is 1. The van der Waals surface area contributed by atoms with Crippen molar-refractivity contribution in [3.63, 3.8) is 0 Å². The molecule has 0 spiro atoms. The summed E-state index contributed by atoms with van der Waals surface area (Å²) in [4.78, 5) is 47.7. The second-order valence-corrected chi connectivity index (χ2v) is 21.4. The second kappa shape index (κ2) is 27.7. The van der Waals surface area contributed by atoms with Crippen molar-refractivity contribution < 1.29 is 58.0 Å². The van der Waals surface area contributed by atoms with Crippen LogP contribution in [0.4, 0.5) is 15.3 Å². The minimum absolute atomic E-state index is 0.0120. The predicted molar refractivity (Wildman–Crippen MR) is 289 cm³/mol. The third kappa shape index (κ3) is 14.8. The van der Waals surface area contributed by atoms with Crippen LogP contribution in [0.3, 0.4) is 0 Å². The van der Waals surface area contributed by atoms with E-state index in [0.717, 1.165) is 43.2 Å². The zero-order valence-corrected chi connectivity index (χ0v) is 45.0. The van der Waals surface area contributed by atoms with Gasteiger partial charge in [0.1, 0.15) is 28.9 Å². The van der Waals surface area contributed by atoms with Gasteiger partial charge in [0, 0.05) is 56.3 Å². The van der Waals surface area contributed by atoms with Crippen molar-refractivity contribution in [1.82, 2.24) is 10.2 Å². The third-order valence-electron chi connectivity index (χ3n) is 14.7. The van der Waals surface area contributed by atoms with Crippen LogP contribution in [-0.4, -0.2) is 88.5 Å². The lowest BCUT2D eigenvalue weighted by molar-refractivity contribution is -0.384. The average molecular weight is 1050 g/mol. The van der Waals surface area contributed by atoms with Crippen LogP contribution in [0.2, 0.25) is 0 Å². The first-order valence-electron chi connectivity index (χ1n) is 27.6. The molecular formula is C59H80N4O13. The van der Waals surface area contributed by atoms with E-state index in [1.165, 1.54) is 69.2 Å². The van der Waals surface area contributed by atoms with Crippen molar-refractivity contribution in [1.29, 1.82) is 0 Å². The Morgan fingerprint density at radius 2 is 1.53 bits per heavy atom. The fourth-order valence-corrected chi connectivity index (χ4v) is 11.2. The summed E-state index contributed by atoms with van der Waals surface area (Å²) >= 11 is 0. The zero-order chi connectivity index (χ0) is 54.1. The van der Waals surface area contributed by atoms with Crippen LogP contribution < -0.4 is 29.0 Å². The van der Waals surface area contributed by atoms with E-state index in [0.29, 0.717) is 66.5 Å². The van der Waals surface area contributed by atoms with Gasteiger partial charge in [0.05, 0.1) is 23.2 Å². The molecule has 2 aliphatic carbocycles. The molecule has 0 radical (unpaired) electrons. The Balaban J connectivity index is 1.32. The van der Waals surface area contributed by atoms with Crippen LogP contribution in [0, 0.1) is 27.9 Å². The summed E-state index contributed by atoms with van der Waals surface area (Å²) < 4.78 is 38.2. The highest BCUT2D eigenvalue weighted by Gasteiger charge is 2.66. The van der Waals surface area contributed by atoms with Crippen LogP contribution in [0.1, 0.15) is 154 Å². The molecule has 2 aliphatic heterocycles. The number of hydrogen-bond acceptors (Lipinski definition) is 14. The Kier molecular flexibility index (Phi) is 21.0. The quantitative estimate of drug-likeness (QED) is 0.0256. The minimum atomic E-state index is -1.66. The Morgan fingerprint density at radius 1 is 0.855 bits per heavy atom. The molecule has 6 atom stereocenters. The summed E-state index contributed by atoms with van der Waals surface area (Å²) in [5, 5.41) is 39.6. The van der Waals surface area contributed by atoms with Gasteiger partial charge in [-0.2, -0.15) is 0 Å². The van der Waals surface area contributed by atoms with Crippen molar-refractivity contribution in [2.45, 2.75) is 167 Å². The molecule has 6 unspecified atom stereocenters. The summed E-state index contributed by atoms with van der Waals surface area (Å²) in [7, 11) is 0. The molecule has 3 N–H and O–H groups in total. The fourth-order valence-electron chi connectivity index (χ4n) is 11.2. The highest BCUT2D eigenvalue weighted by molar-refractivity contribution is 6.03. The molecule has 17 nitrogen and oxygen atoms in total. The van der Waals surface area contributed by atoms with Crippen molar-refractivity contribution in [2.75, 3.05) is 33.2 Å². The Bertz CT molecular complexity index is 2470. The summed E-state index contributed by atoms with van der Waals surface area (Å²) in [6, 6.07) is 15.1. The smallest absolute Gasteiger partial charge is 0.416 e. The molecule has 2 amide bonds. The van der Waals surface area contributed by atoms with Gasteiger partial charge in [-0.15, -0.1) is 6.58 Å². The largest absolute Gasteiger partial charge is 0.459 e. The summed E-state index contributed by atoms with van der Waals surface area (Å²) in [5.74, 6) is -0.967. The average Bonchev–Trinajstić information content (AvgIpc) is 3.97. The molecule has 76 heavy (non-hydrogen) atoms. The van der Waals surface area contributed by atoms with E-state index >= 15 is 4.79 Å². The number of unbranched alkanes of at least 4 members (excludes halogenated alkanes) is 11. The van der Waals surface area contributed by atoms with E-state index in [-0.39, 0.29) is 62.9 Å². The number of hydrogen-bond donors (Lipinski definition) is 3. The maximum Gasteiger partial charge on any atom is 0.416 e. The highest BCUT2D eigenvalue weighted by atomic mass is 16.7. The predicted octanol–water partition coefficient (Wildman–Crippen LogP) is 12.5. The fraction of sp³-hybridized carbons (Fsp3) is 0.576. The van der Waals surface area contributed by atoms with Crippen LogP contribution in [0.25, 0.3) is 0 Å². The third-order valence-corrected chi connectivity index (χ3v) is 14.7. The number of carbonyl (C=O) groups excluding carboxylic acids is 2. The van der Waals surface area contributed by atoms with Gasteiger partial charge in [-0.05, 0) is 118 Å². The number of rotatable bonds is 29. The molecular weight excluding hydrogens is 973 g/mol. The van der Waals surface area contributed by atoms with Gasteiger partial charge in [0.25, 0.3) is 5.69 Å². The number of nitrogens with one attached hydrogen (secondary N) is 1. The summed E-state index contributed by atoms with van der Waals surface area (Å²) in [5.41, 5.74) is 1.96. The van der Waals surface area contributed by atoms with E-state index in [9.17, 15) is 25.1 Å². The lowest BCUT2D eigenvalue weighted by atomic mass is 9.55. The number of carbonyl (C=O) groups is 2. The molecule has 7 rings (SSSR count). The van der Waals surface area contributed by atoms with Gasteiger partial charge in [0.15, 0.2) is 11.5 Å². The van der Waals surface area contributed by atoms with Crippen molar-refractivity contribution in [3.8, 4) is 28.7 Å². The second-order valence-electron chi connectivity index (χ2n) is 21.4. The first kappa shape index (κ1) is 57.5. The van der Waals surface area contributed by atoms with Crippen LogP contribution in [0.15, 0.2) is 90.1 Å². The number of nitro benzene ring substituents is 1. The lowest BCUT2D eigenvalue weighted by Gasteiger charge is -2.59. The maximum absolute atomic E-state index is 15.3. The van der Waals surface area contributed by atoms with Gasteiger partial charge >= 0.3 is 12.2 Å². The number of aliphatic hydroxyl groups excluding tert-OH is 2. The molecule has 414 valence electrons. The molecule has 3 aromatic carbocycles. The number of fused-ring (bicyclic) bond motifs is 3. The normalized spacial score (nSPS) is 21.6. The maximum atomic E-state index is 15.3. The van der Waals surface area contributed by atoms with Gasteiger partial charge in [-0.25, -0.2) is 9.59 Å². The Hall–Kier alpha value is -6.17. The minimum Gasteiger partial charge on any atom is -0.459 e. The SMILES string of the molecule is C=CCOC12Oc3ccc(OC(=O)NCCCCCCCCCCCC)cc3C3C(CCCCO)C(CCCCO)C=C(C(=NOC(C)(C)C)CC1N(Cc1ccc4c(c1)OCO4)C(=O)Oc1ccc([N+](=O)[O-])cc1)C32. The van der Waals surface area contributed by atoms with E-state index in [2.05, 4.69) is 24.9 Å². The summed E-state index contributed by atoms with van der Waals surface area (Å²) in [6.07, 6.45) is 18.5. The Labute approximate surface area is 448 Å². The standard InChI is InChI=1S/C59H80N4O13/c1-6-8-9-10-11-12-13-14-15-18-31-60-56(66)73-45-28-30-50-48(37-45)54-46(22-17-20-33-65)42(21-16-19-32-64)36-47-49(61-76-58(3,4)5)38-53(59(75-50,55(47)54)72-34-7-2)62(39-41-23-29-51-52(35-41)71-40-70-51)57(67)74-44-26-24-43(25-27-44)63(68)69/h7,23-30,35-37,42,46,53-55,64-65H,2,6,8-22,31-34,38-40H2,1,3-5H3,(H,60,66). The zero-order valence-electron chi connectivity index (χ0n) is 45.0. The van der Waals surface area contributed by atoms with Gasteiger partial charge in [0.2, 0.25) is 12.6 Å². The molecule has 0 bridgehead atoms. The van der Waals surface area contributed by atoms with Crippen LogP contribution >= 0.6 is 0 Å². The van der Waals surface area contributed by atoms with Crippen molar-refractivity contribution in [3.05, 3.63) is 106 Å². The van der Waals surface area contributed by atoms with Crippen LogP contribution in [-0.2, 0) is 16.1 Å². The van der Waals surface area contributed by atoms with Gasteiger partial charge < -0.3 is 48.8 Å². The number of nitrogens with zero attached hydrogens (tertiary/aromatic N) is 3. The molecule has 0 aromatic heterocycles. The molecule has 3 aromatic rings. The number of amides is 2. The van der Waals surface area contributed by atoms with E-state index in [4.69, 9.17) is 38.4 Å². The van der Waals surface area contributed by atoms with Crippen molar-refractivity contribution in [2.24, 2.45) is 22.9 Å². The highest BCUT2D eigenvalue weighted by Crippen LogP contribution is 2.62. The first-order valence-corrected chi connectivity index (χ1v) is 27.6. The van der Waals surface area contributed by atoms with E-state index < -0.39 is 46.4 Å². The first-order chi connectivity index (χ1) is 36.8. The number of benzene rings is 3. The number of nitro groups is 1. The lowest BCUT2D eigenvalue weighted by Crippen LogP contribution is -2.70. The molecule has 1 fully saturated rings. The topological polar surface area (TPSA) is 210 Å². The molecule has 1 saturated carbocycles.